The van der Waals surface area contributed by atoms with E-state index in [1.807, 2.05) is 54.4 Å². The van der Waals surface area contributed by atoms with Gasteiger partial charge in [0.15, 0.2) is 5.82 Å². The Bertz CT molecular complexity index is 2480. The number of pyridine rings is 1. The summed E-state index contributed by atoms with van der Waals surface area (Å²) in [5.41, 5.74) is 14.3. The maximum absolute atomic E-state index is 5.22. The van der Waals surface area contributed by atoms with Gasteiger partial charge in [-0.15, -0.1) is 0 Å². The fraction of sp³-hybridized carbons (Fsp3) is 0.0217. The first-order valence-electron chi connectivity index (χ1n) is 16.9. The van der Waals surface area contributed by atoms with E-state index in [0.29, 0.717) is 5.82 Å². The Morgan fingerprint density at radius 3 is 1.72 bits per heavy atom. The molecule has 0 unspecified atom stereocenters. The molecule has 8 aromatic rings. The van der Waals surface area contributed by atoms with Crippen LogP contribution in [0.25, 0.3) is 56.3 Å². The zero-order valence-electron chi connectivity index (χ0n) is 27.0. The van der Waals surface area contributed by atoms with Crippen LogP contribution in [0.1, 0.15) is 22.3 Å². The number of hydrogen-bond acceptors (Lipinski definition) is 4. The summed E-state index contributed by atoms with van der Waals surface area (Å²) in [5.74, 6) is 0.676. The number of hydrogen-bond donors (Lipinski definition) is 0. The van der Waals surface area contributed by atoms with E-state index in [4.69, 9.17) is 9.97 Å². The van der Waals surface area contributed by atoms with Gasteiger partial charge in [-0.3, -0.25) is 4.98 Å². The topological polar surface area (TPSA) is 38.7 Å². The standard InChI is InChI=1S/C46H29N3S/c1-2-15-30(16-3-1)45-48-41(29-42(49-45)40-26-12-13-28-47-40)34-20-5-4-17-31(34)35-21-14-25-39-44(35)50-43-27-11-10-24-38(43)46(39)36-22-8-6-18-32(36)33-19-7-9-23-37(33)46/h1-29H. The Balaban J connectivity index is 1.23. The molecular formula is C46H29N3S. The molecule has 6 aromatic carbocycles. The molecule has 4 heteroatoms. The van der Waals surface area contributed by atoms with Crippen LogP contribution in [0.5, 0.6) is 0 Å². The Labute approximate surface area is 295 Å². The van der Waals surface area contributed by atoms with Gasteiger partial charge in [-0.2, -0.15) is 0 Å². The predicted molar refractivity (Wildman–Crippen MR) is 203 cm³/mol. The summed E-state index contributed by atoms with van der Waals surface area (Å²) in [7, 11) is 0. The Kier molecular flexibility index (Phi) is 6.64. The van der Waals surface area contributed by atoms with E-state index in [0.717, 1.165) is 33.8 Å². The third-order valence-corrected chi connectivity index (χ3v) is 11.3. The van der Waals surface area contributed by atoms with Crippen LogP contribution in [-0.4, -0.2) is 15.0 Å². The average molecular weight is 656 g/mol. The monoisotopic (exact) mass is 655 g/mol. The van der Waals surface area contributed by atoms with Crippen molar-refractivity contribution < 1.29 is 0 Å². The molecule has 50 heavy (non-hydrogen) atoms. The molecule has 3 nitrogen and oxygen atoms in total. The Morgan fingerprint density at radius 2 is 0.980 bits per heavy atom. The SMILES string of the molecule is c1ccc(-c2nc(-c3ccccn3)cc(-c3ccccc3-c3cccc4c3Sc3ccccc3C43c4ccccc4-c4ccccc43)n2)cc1. The van der Waals surface area contributed by atoms with Gasteiger partial charge in [0.25, 0.3) is 0 Å². The van der Waals surface area contributed by atoms with Gasteiger partial charge in [0.1, 0.15) is 0 Å². The minimum absolute atomic E-state index is 0.434. The first kappa shape index (κ1) is 28.9. The van der Waals surface area contributed by atoms with E-state index < -0.39 is 5.41 Å². The number of aromatic nitrogens is 3. The lowest BCUT2D eigenvalue weighted by Crippen LogP contribution is -2.32. The largest absolute Gasteiger partial charge is 0.255 e. The molecule has 0 N–H and O–H groups in total. The van der Waals surface area contributed by atoms with Crippen LogP contribution < -0.4 is 0 Å². The summed E-state index contributed by atoms with van der Waals surface area (Å²) in [4.78, 5) is 17.4. The van der Waals surface area contributed by atoms with Crippen LogP contribution in [0.3, 0.4) is 0 Å². The maximum atomic E-state index is 5.22. The predicted octanol–water partition coefficient (Wildman–Crippen LogP) is 11.4. The molecule has 3 heterocycles. The second-order valence-corrected chi connectivity index (χ2v) is 13.8. The maximum Gasteiger partial charge on any atom is 0.160 e. The van der Waals surface area contributed by atoms with Crippen LogP contribution >= 0.6 is 11.8 Å². The quantitative estimate of drug-likeness (QED) is 0.189. The summed E-state index contributed by atoms with van der Waals surface area (Å²) in [5, 5.41) is 0. The summed E-state index contributed by atoms with van der Waals surface area (Å²) in [6.07, 6.45) is 1.81. The number of fused-ring (bicyclic) bond motifs is 9. The minimum atomic E-state index is -0.434. The molecule has 1 aliphatic heterocycles. The zero-order chi connectivity index (χ0) is 33.1. The molecule has 0 atom stereocenters. The lowest BCUT2D eigenvalue weighted by Gasteiger charge is -2.40. The average Bonchev–Trinajstić information content (AvgIpc) is 3.49. The molecule has 0 bridgehead atoms. The molecule has 0 amide bonds. The van der Waals surface area contributed by atoms with E-state index in [1.54, 1.807) is 0 Å². The van der Waals surface area contributed by atoms with Crippen LogP contribution in [0.15, 0.2) is 186 Å². The highest BCUT2D eigenvalue weighted by molar-refractivity contribution is 7.99. The summed E-state index contributed by atoms with van der Waals surface area (Å²) >= 11 is 1.88. The van der Waals surface area contributed by atoms with Gasteiger partial charge in [0.2, 0.25) is 0 Å². The third kappa shape index (κ3) is 4.28. The van der Waals surface area contributed by atoms with Crippen molar-refractivity contribution in [3.05, 3.63) is 198 Å². The van der Waals surface area contributed by atoms with Crippen molar-refractivity contribution in [1.82, 2.24) is 15.0 Å². The van der Waals surface area contributed by atoms with Crippen LogP contribution in [0, 0.1) is 0 Å². The first-order valence-corrected chi connectivity index (χ1v) is 17.7. The van der Waals surface area contributed by atoms with Gasteiger partial charge in [0, 0.05) is 27.1 Å². The highest BCUT2D eigenvalue weighted by Crippen LogP contribution is 2.63. The number of rotatable bonds is 4. The Morgan fingerprint density at radius 1 is 0.400 bits per heavy atom. The molecule has 0 saturated carbocycles. The van der Waals surface area contributed by atoms with Gasteiger partial charge in [-0.05, 0) is 68.8 Å². The number of benzene rings is 6. The normalized spacial score (nSPS) is 13.3. The van der Waals surface area contributed by atoms with Crippen molar-refractivity contribution in [2.24, 2.45) is 0 Å². The van der Waals surface area contributed by atoms with Crippen molar-refractivity contribution in [3.8, 4) is 56.3 Å². The van der Waals surface area contributed by atoms with Crippen molar-refractivity contribution in [3.63, 3.8) is 0 Å². The molecule has 10 rings (SSSR count). The third-order valence-electron chi connectivity index (χ3n) is 10.1. The van der Waals surface area contributed by atoms with Crippen LogP contribution in [0.2, 0.25) is 0 Å². The lowest BCUT2D eigenvalue weighted by atomic mass is 9.67. The van der Waals surface area contributed by atoms with Crippen LogP contribution in [0.4, 0.5) is 0 Å². The molecule has 0 fully saturated rings. The van der Waals surface area contributed by atoms with Gasteiger partial charge in [0.05, 0.1) is 22.5 Å². The van der Waals surface area contributed by atoms with E-state index in [-0.39, 0.29) is 0 Å². The minimum Gasteiger partial charge on any atom is -0.255 e. The van der Waals surface area contributed by atoms with E-state index in [9.17, 15) is 0 Å². The molecule has 0 radical (unpaired) electrons. The second kappa shape index (κ2) is 11.5. The smallest absolute Gasteiger partial charge is 0.160 e. The van der Waals surface area contributed by atoms with Gasteiger partial charge >= 0.3 is 0 Å². The van der Waals surface area contributed by atoms with Crippen molar-refractivity contribution in [1.29, 1.82) is 0 Å². The second-order valence-electron chi connectivity index (χ2n) is 12.7. The fourth-order valence-corrected chi connectivity index (χ4v) is 9.30. The van der Waals surface area contributed by atoms with E-state index in [2.05, 4.69) is 138 Å². The van der Waals surface area contributed by atoms with Crippen molar-refractivity contribution in [2.75, 3.05) is 0 Å². The van der Waals surface area contributed by atoms with Crippen molar-refractivity contribution in [2.45, 2.75) is 15.2 Å². The molecule has 1 aliphatic carbocycles. The lowest BCUT2D eigenvalue weighted by molar-refractivity contribution is 0.723. The summed E-state index contributed by atoms with van der Waals surface area (Å²) < 4.78 is 0. The number of nitrogens with zero attached hydrogens (tertiary/aromatic N) is 3. The van der Waals surface area contributed by atoms with E-state index in [1.165, 1.54) is 48.7 Å². The summed E-state index contributed by atoms with van der Waals surface area (Å²) in [6.45, 7) is 0. The van der Waals surface area contributed by atoms with Gasteiger partial charge in [-0.25, -0.2) is 9.97 Å². The molecular weight excluding hydrogens is 627 g/mol. The molecule has 2 aliphatic rings. The van der Waals surface area contributed by atoms with Gasteiger partial charge < -0.3 is 0 Å². The molecule has 1 spiro atoms. The zero-order valence-corrected chi connectivity index (χ0v) is 27.8. The first-order chi connectivity index (χ1) is 24.8. The molecule has 2 aromatic heterocycles. The van der Waals surface area contributed by atoms with Crippen LogP contribution in [-0.2, 0) is 5.41 Å². The van der Waals surface area contributed by atoms with Crippen molar-refractivity contribution >= 4 is 11.8 Å². The van der Waals surface area contributed by atoms with E-state index >= 15 is 0 Å². The Hall–Kier alpha value is -6.10. The highest BCUT2D eigenvalue weighted by atomic mass is 32.2. The fourth-order valence-electron chi connectivity index (χ4n) is 7.98. The molecule has 234 valence electrons. The molecule has 0 saturated heterocycles. The van der Waals surface area contributed by atoms with Gasteiger partial charge in [-0.1, -0.05) is 157 Å². The highest BCUT2D eigenvalue weighted by Gasteiger charge is 2.50. The summed E-state index contributed by atoms with van der Waals surface area (Å²) in [6, 6.07) is 60.6.